The molecule has 106 valence electrons. The summed E-state index contributed by atoms with van der Waals surface area (Å²) in [7, 11) is 0. The third-order valence-corrected chi connectivity index (χ3v) is 3.33. The molecule has 5 nitrogen and oxygen atoms in total. The average molecular weight is 267 g/mol. The molecule has 0 saturated heterocycles. The number of aryl methyl sites for hydroxylation is 2. The van der Waals surface area contributed by atoms with Crippen LogP contribution in [0.4, 0.5) is 0 Å². The highest BCUT2D eigenvalue weighted by Gasteiger charge is 2.27. The van der Waals surface area contributed by atoms with Crippen LogP contribution < -0.4 is 5.32 Å². The number of carbonyl (C=O) groups is 2. The molecule has 1 heterocycles. The zero-order valence-corrected chi connectivity index (χ0v) is 11.8. The second kappa shape index (κ2) is 6.41. The molecule has 0 radical (unpaired) electrons. The van der Waals surface area contributed by atoms with Gasteiger partial charge in [-0.3, -0.25) is 4.79 Å². The van der Waals surface area contributed by atoms with Crippen LogP contribution in [-0.2, 0) is 11.2 Å². The molecule has 1 aromatic heterocycles. The van der Waals surface area contributed by atoms with E-state index >= 15 is 0 Å². The van der Waals surface area contributed by atoms with Crippen LogP contribution in [0.1, 0.15) is 49.1 Å². The van der Waals surface area contributed by atoms with E-state index in [1.807, 2.05) is 20.8 Å². The van der Waals surface area contributed by atoms with Gasteiger partial charge in [0, 0.05) is 6.42 Å². The van der Waals surface area contributed by atoms with Crippen LogP contribution in [0, 0.1) is 12.8 Å². The summed E-state index contributed by atoms with van der Waals surface area (Å²) in [5, 5.41) is 11.6. The Balaban J connectivity index is 2.84. The Bertz CT molecular complexity index is 464. The topological polar surface area (TPSA) is 79.5 Å². The van der Waals surface area contributed by atoms with Crippen LogP contribution in [0.25, 0.3) is 0 Å². The Morgan fingerprint density at radius 1 is 1.42 bits per heavy atom. The summed E-state index contributed by atoms with van der Waals surface area (Å²) in [5.74, 6) is -0.718. The maximum absolute atomic E-state index is 12.0. The minimum atomic E-state index is -1.03. The van der Waals surface area contributed by atoms with Gasteiger partial charge in [0.25, 0.3) is 5.91 Å². The van der Waals surface area contributed by atoms with E-state index in [1.54, 1.807) is 13.0 Å². The summed E-state index contributed by atoms with van der Waals surface area (Å²) in [4.78, 5) is 23.1. The fourth-order valence-electron chi connectivity index (χ4n) is 1.88. The summed E-state index contributed by atoms with van der Waals surface area (Å²) in [6, 6.07) is 0.747. The van der Waals surface area contributed by atoms with Gasteiger partial charge >= 0.3 is 5.97 Å². The van der Waals surface area contributed by atoms with Crippen molar-refractivity contribution in [3.05, 3.63) is 23.2 Å². The molecule has 0 aliphatic rings. The van der Waals surface area contributed by atoms with E-state index < -0.39 is 17.9 Å². The van der Waals surface area contributed by atoms with E-state index in [0.29, 0.717) is 12.8 Å². The predicted molar refractivity (Wildman–Crippen MR) is 71.2 cm³/mol. The van der Waals surface area contributed by atoms with E-state index in [4.69, 9.17) is 9.52 Å². The van der Waals surface area contributed by atoms with E-state index in [0.717, 1.165) is 11.3 Å². The van der Waals surface area contributed by atoms with Gasteiger partial charge in [-0.15, -0.1) is 0 Å². The molecule has 0 aliphatic heterocycles. The first-order valence-electron chi connectivity index (χ1n) is 6.53. The van der Waals surface area contributed by atoms with E-state index in [9.17, 15) is 9.59 Å². The Morgan fingerprint density at radius 2 is 2.05 bits per heavy atom. The summed E-state index contributed by atoms with van der Waals surface area (Å²) in [6.07, 6.45) is 1.38. The summed E-state index contributed by atoms with van der Waals surface area (Å²) >= 11 is 0. The van der Waals surface area contributed by atoms with Crippen molar-refractivity contribution in [2.24, 2.45) is 5.92 Å². The number of carbonyl (C=O) groups excluding carboxylic acids is 1. The number of rotatable bonds is 6. The smallest absolute Gasteiger partial charge is 0.326 e. The average Bonchev–Trinajstić information content (AvgIpc) is 2.75. The first-order valence-corrected chi connectivity index (χ1v) is 6.53. The number of hydrogen-bond donors (Lipinski definition) is 2. The molecule has 2 N–H and O–H groups in total. The molecule has 0 aromatic carbocycles. The summed E-state index contributed by atoms with van der Waals surface area (Å²) in [5.41, 5.74) is 0.906. The molecule has 19 heavy (non-hydrogen) atoms. The number of nitrogens with one attached hydrogen (secondary N) is 1. The molecule has 1 aromatic rings. The minimum absolute atomic E-state index is 0.136. The van der Waals surface area contributed by atoms with Crippen LogP contribution in [-0.4, -0.2) is 23.0 Å². The van der Waals surface area contributed by atoms with Crippen LogP contribution in [0.3, 0.4) is 0 Å². The lowest BCUT2D eigenvalue weighted by Gasteiger charge is -2.19. The van der Waals surface area contributed by atoms with Crippen LogP contribution in [0.15, 0.2) is 10.5 Å². The van der Waals surface area contributed by atoms with Gasteiger partial charge in [0.05, 0.1) is 0 Å². The predicted octanol–water partition coefficient (Wildman–Crippen LogP) is 2.38. The molecule has 1 rings (SSSR count). The van der Waals surface area contributed by atoms with E-state index in [1.165, 1.54) is 0 Å². The van der Waals surface area contributed by atoms with Crippen LogP contribution in [0.2, 0.25) is 0 Å². The summed E-state index contributed by atoms with van der Waals surface area (Å²) < 4.78 is 5.41. The lowest BCUT2D eigenvalue weighted by atomic mass is 9.99. The monoisotopic (exact) mass is 267 g/mol. The van der Waals surface area contributed by atoms with Gasteiger partial charge in [-0.2, -0.15) is 0 Å². The van der Waals surface area contributed by atoms with Crippen LogP contribution >= 0.6 is 0 Å². The summed E-state index contributed by atoms with van der Waals surface area (Å²) in [6.45, 7) is 7.48. The van der Waals surface area contributed by atoms with E-state index in [2.05, 4.69) is 5.32 Å². The number of carboxylic acid groups (broad SMARTS) is 1. The normalized spacial score (nSPS) is 13.9. The van der Waals surface area contributed by atoms with E-state index in [-0.39, 0.29) is 11.7 Å². The Labute approximate surface area is 113 Å². The maximum Gasteiger partial charge on any atom is 0.326 e. The Kier molecular flexibility index (Phi) is 5.15. The molecule has 2 atom stereocenters. The Morgan fingerprint density at radius 3 is 2.47 bits per heavy atom. The fourth-order valence-corrected chi connectivity index (χ4v) is 1.88. The van der Waals surface area contributed by atoms with Gasteiger partial charge in [0.1, 0.15) is 11.8 Å². The number of carboxylic acids is 1. The van der Waals surface area contributed by atoms with Gasteiger partial charge in [0.2, 0.25) is 0 Å². The number of aliphatic carboxylic acids is 1. The highest BCUT2D eigenvalue weighted by Crippen LogP contribution is 2.16. The highest BCUT2D eigenvalue weighted by molar-refractivity contribution is 5.94. The molecule has 0 spiro atoms. The largest absolute Gasteiger partial charge is 0.480 e. The number of hydrogen-bond acceptors (Lipinski definition) is 3. The van der Waals surface area contributed by atoms with Crippen LogP contribution in [0.5, 0.6) is 0 Å². The first kappa shape index (κ1) is 15.3. The van der Waals surface area contributed by atoms with Crippen molar-refractivity contribution in [3.63, 3.8) is 0 Å². The molecule has 1 amide bonds. The second-order valence-corrected chi connectivity index (χ2v) is 4.75. The maximum atomic E-state index is 12.0. The third kappa shape index (κ3) is 3.59. The molecular weight excluding hydrogens is 246 g/mol. The lowest BCUT2D eigenvalue weighted by molar-refractivity contribution is -0.140. The SMILES string of the molecule is CCc1oc(C(=O)N[C@H](C(=O)O)[C@@H](C)CC)cc1C. The van der Waals surface area contributed by atoms with Gasteiger partial charge in [-0.25, -0.2) is 4.79 Å². The highest BCUT2D eigenvalue weighted by atomic mass is 16.4. The minimum Gasteiger partial charge on any atom is -0.480 e. The van der Waals surface area contributed by atoms with Gasteiger partial charge < -0.3 is 14.8 Å². The van der Waals surface area contributed by atoms with Gasteiger partial charge in [-0.05, 0) is 24.5 Å². The fraction of sp³-hybridized carbons (Fsp3) is 0.571. The standard InChI is InChI=1S/C14H21NO4/c1-5-8(3)12(14(17)18)15-13(16)11-7-9(4)10(6-2)19-11/h7-8,12H,5-6H2,1-4H3,(H,15,16)(H,17,18)/t8-,12-/m0/s1. The number of amides is 1. The van der Waals surface area contributed by atoms with Crippen molar-refractivity contribution in [1.82, 2.24) is 5.32 Å². The molecule has 0 unspecified atom stereocenters. The van der Waals surface area contributed by atoms with Crippen molar-refractivity contribution < 1.29 is 19.1 Å². The zero-order valence-electron chi connectivity index (χ0n) is 11.8. The van der Waals surface area contributed by atoms with Crippen molar-refractivity contribution in [2.75, 3.05) is 0 Å². The van der Waals surface area contributed by atoms with Crippen molar-refractivity contribution >= 4 is 11.9 Å². The third-order valence-electron chi connectivity index (χ3n) is 3.33. The van der Waals surface area contributed by atoms with Crippen molar-refractivity contribution in [2.45, 2.75) is 46.6 Å². The zero-order chi connectivity index (χ0) is 14.6. The van der Waals surface area contributed by atoms with Gasteiger partial charge in [0.15, 0.2) is 5.76 Å². The molecule has 0 bridgehead atoms. The molecular formula is C14H21NO4. The lowest BCUT2D eigenvalue weighted by Crippen LogP contribution is -2.44. The molecule has 0 saturated carbocycles. The number of furan rings is 1. The van der Waals surface area contributed by atoms with Gasteiger partial charge in [-0.1, -0.05) is 27.2 Å². The Hall–Kier alpha value is -1.78. The van der Waals surface area contributed by atoms with Crippen molar-refractivity contribution in [3.8, 4) is 0 Å². The molecule has 0 fully saturated rings. The quantitative estimate of drug-likeness (QED) is 0.829. The second-order valence-electron chi connectivity index (χ2n) is 4.75. The molecule has 0 aliphatic carbocycles. The first-order chi connectivity index (χ1) is 8.90. The van der Waals surface area contributed by atoms with Crippen molar-refractivity contribution in [1.29, 1.82) is 0 Å². The molecule has 5 heteroatoms.